The van der Waals surface area contributed by atoms with Crippen LogP contribution in [0, 0.1) is 10.1 Å². The number of rotatable bonds is 9. The zero-order chi connectivity index (χ0) is 18.1. The van der Waals surface area contributed by atoms with Gasteiger partial charge < -0.3 is 16.4 Å². The number of non-ortho nitro benzene ring substituents is 1. The van der Waals surface area contributed by atoms with E-state index in [4.69, 9.17) is 5.73 Å². The van der Waals surface area contributed by atoms with Crippen LogP contribution >= 0.6 is 0 Å². The molecule has 7 heteroatoms. The fourth-order valence-corrected chi connectivity index (χ4v) is 2.31. The van der Waals surface area contributed by atoms with Crippen molar-refractivity contribution in [3.05, 3.63) is 70.3 Å². The number of nitrogens with zero attached hydrogens (tertiary/aromatic N) is 1. The maximum Gasteiger partial charge on any atom is 0.269 e. The van der Waals surface area contributed by atoms with Crippen molar-refractivity contribution < 1.29 is 9.72 Å². The number of nitrogens with two attached hydrogens (primary N) is 1. The van der Waals surface area contributed by atoms with Crippen molar-refractivity contribution in [2.24, 2.45) is 5.73 Å². The van der Waals surface area contributed by atoms with Gasteiger partial charge in [-0.2, -0.15) is 0 Å². The molecule has 7 nitrogen and oxygen atoms in total. The van der Waals surface area contributed by atoms with Gasteiger partial charge in [0.25, 0.3) is 5.69 Å². The van der Waals surface area contributed by atoms with Crippen molar-refractivity contribution in [3.63, 3.8) is 0 Å². The lowest BCUT2D eigenvalue weighted by Gasteiger charge is -2.13. The number of hydrogen-bond donors (Lipinski definition) is 3. The quantitative estimate of drug-likeness (QED) is 0.368. The van der Waals surface area contributed by atoms with Crippen LogP contribution in [0.4, 0.5) is 11.4 Å². The van der Waals surface area contributed by atoms with E-state index in [2.05, 4.69) is 10.6 Å². The Balaban J connectivity index is 1.63. The predicted molar refractivity (Wildman–Crippen MR) is 97.2 cm³/mol. The van der Waals surface area contributed by atoms with E-state index in [9.17, 15) is 14.9 Å². The molecule has 4 N–H and O–H groups in total. The second kappa shape index (κ2) is 9.39. The number of hydrogen-bond acceptors (Lipinski definition) is 5. The summed E-state index contributed by atoms with van der Waals surface area (Å²) in [5.74, 6) is -0.0446. The van der Waals surface area contributed by atoms with Crippen molar-refractivity contribution in [2.45, 2.75) is 18.9 Å². The molecule has 0 fully saturated rings. The average molecular weight is 342 g/mol. The first kappa shape index (κ1) is 18.4. The lowest BCUT2D eigenvalue weighted by molar-refractivity contribution is -0.384. The highest BCUT2D eigenvalue weighted by Gasteiger charge is 2.08. The summed E-state index contributed by atoms with van der Waals surface area (Å²) in [6, 6.07) is 15.6. The Hall–Kier alpha value is -2.93. The summed E-state index contributed by atoms with van der Waals surface area (Å²) in [6.45, 7) is 1.01. The largest absolute Gasteiger partial charge is 0.385 e. The highest BCUT2D eigenvalue weighted by atomic mass is 16.6. The van der Waals surface area contributed by atoms with Crippen molar-refractivity contribution in [1.29, 1.82) is 0 Å². The molecule has 0 aromatic heterocycles. The Morgan fingerprint density at radius 1 is 1.12 bits per heavy atom. The molecule has 0 bridgehead atoms. The molecule has 132 valence electrons. The minimum atomic E-state index is -0.436. The number of anilines is 1. The highest BCUT2D eigenvalue weighted by molar-refractivity contribution is 5.75. The van der Waals surface area contributed by atoms with Crippen LogP contribution in [-0.4, -0.2) is 23.9 Å². The van der Waals surface area contributed by atoms with E-state index in [0.717, 1.165) is 11.3 Å². The first-order chi connectivity index (χ1) is 12.1. The lowest BCUT2D eigenvalue weighted by Crippen LogP contribution is -2.31. The Morgan fingerprint density at radius 3 is 2.44 bits per heavy atom. The molecule has 0 aliphatic carbocycles. The monoisotopic (exact) mass is 342 g/mol. The molecule has 0 heterocycles. The summed E-state index contributed by atoms with van der Waals surface area (Å²) >= 11 is 0. The zero-order valence-corrected chi connectivity index (χ0v) is 13.9. The number of amides is 1. The molecule has 1 unspecified atom stereocenters. The molecule has 25 heavy (non-hydrogen) atoms. The average Bonchev–Trinajstić information content (AvgIpc) is 2.64. The molecule has 1 amide bonds. The third-order valence-corrected chi connectivity index (χ3v) is 3.73. The van der Waals surface area contributed by atoms with Crippen LogP contribution in [0.3, 0.4) is 0 Å². The molecule has 2 aromatic rings. The molecular weight excluding hydrogens is 320 g/mol. The second-order valence-electron chi connectivity index (χ2n) is 5.66. The Morgan fingerprint density at radius 2 is 1.80 bits per heavy atom. The van der Waals surface area contributed by atoms with Gasteiger partial charge in [0.1, 0.15) is 0 Å². The van der Waals surface area contributed by atoms with Gasteiger partial charge in [0.05, 0.1) is 4.92 Å². The van der Waals surface area contributed by atoms with Crippen LogP contribution < -0.4 is 16.4 Å². The number of nitro benzene ring substituents is 1. The number of nitro groups is 1. The maximum absolute atomic E-state index is 11.8. The fraction of sp³-hybridized carbons (Fsp3) is 0.278. The Bertz CT molecular complexity index is 689. The first-order valence-corrected chi connectivity index (χ1v) is 8.12. The van der Waals surface area contributed by atoms with Gasteiger partial charge in [-0.15, -0.1) is 0 Å². The van der Waals surface area contributed by atoms with E-state index < -0.39 is 4.92 Å². The van der Waals surface area contributed by atoms with Crippen molar-refractivity contribution in [2.75, 3.05) is 18.4 Å². The van der Waals surface area contributed by atoms with Crippen LogP contribution in [0.25, 0.3) is 0 Å². The molecule has 0 spiro atoms. The van der Waals surface area contributed by atoms with Gasteiger partial charge in [0.2, 0.25) is 5.91 Å². The molecule has 2 rings (SSSR count). The van der Waals surface area contributed by atoms with Gasteiger partial charge >= 0.3 is 0 Å². The smallest absolute Gasteiger partial charge is 0.269 e. The molecule has 0 saturated heterocycles. The summed E-state index contributed by atoms with van der Waals surface area (Å²) in [4.78, 5) is 22.0. The molecular formula is C18H22N4O3. The number of benzene rings is 2. The van der Waals surface area contributed by atoms with E-state index in [1.165, 1.54) is 12.1 Å². The van der Waals surface area contributed by atoms with Gasteiger partial charge in [0, 0.05) is 43.4 Å². The first-order valence-electron chi connectivity index (χ1n) is 8.12. The highest BCUT2D eigenvalue weighted by Crippen LogP contribution is 2.15. The normalized spacial score (nSPS) is 11.6. The number of carbonyl (C=O) groups is 1. The predicted octanol–water partition coefficient (Wildman–Crippen LogP) is 2.60. The minimum absolute atomic E-state index is 0.0446. The van der Waals surface area contributed by atoms with E-state index in [0.29, 0.717) is 25.9 Å². The summed E-state index contributed by atoms with van der Waals surface area (Å²) in [5, 5.41) is 16.5. The topological polar surface area (TPSA) is 110 Å². The Kier molecular flexibility index (Phi) is 6.91. The van der Waals surface area contributed by atoms with Crippen LogP contribution in [0.1, 0.15) is 24.4 Å². The summed E-state index contributed by atoms with van der Waals surface area (Å²) in [5.41, 5.74) is 7.87. The SMILES string of the molecule is NC(CNC(=O)CCCNc1ccc([N+](=O)[O-])cc1)c1ccccc1. The van der Waals surface area contributed by atoms with Crippen LogP contribution in [0.2, 0.25) is 0 Å². The fourth-order valence-electron chi connectivity index (χ4n) is 2.31. The van der Waals surface area contributed by atoms with Gasteiger partial charge in [-0.25, -0.2) is 0 Å². The standard InChI is InChI=1S/C18H22N4O3/c19-17(14-5-2-1-3-6-14)13-21-18(23)7-4-12-20-15-8-10-16(11-9-15)22(24)25/h1-3,5-6,8-11,17,20H,4,7,12-13,19H2,(H,21,23). The lowest BCUT2D eigenvalue weighted by atomic mass is 10.1. The molecule has 0 aliphatic heterocycles. The molecule has 0 aliphatic rings. The van der Waals surface area contributed by atoms with Gasteiger partial charge in [-0.3, -0.25) is 14.9 Å². The van der Waals surface area contributed by atoms with Gasteiger partial charge in [-0.05, 0) is 24.1 Å². The molecule has 1 atom stereocenters. The van der Waals surface area contributed by atoms with E-state index in [1.54, 1.807) is 12.1 Å². The van der Waals surface area contributed by atoms with Crippen LogP contribution in [0.15, 0.2) is 54.6 Å². The zero-order valence-electron chi connectivity index (χ0n) is 13.9. The molecule has 2 aromatic carbocycles. The van der Waals surface area contributed by atoms with Crippen molar-refractivity contribution in [1.82, 2.24) is 5.32 Å². The molecule has 0 radical (unpaired) electrons. The third kappa shape index (κ3) is 6.23. The summed E-state index contributed by atoms with van der Waals surface area (Å²) in [7, 11) is 0. The van der Waals surface area contributed by atoms with Crippen molar-refractivity contribution >= 4 is 17.3 Å². The number of carbonyl (C=O) groups excluding carboxylic acids is 1. The molecule has 0 saturated carbocycles. The third-order valence-electron chi connectivity index (χ3n) is 3.73. The van der Waals surface area contributed by atoms with E-state index in [1.807, 2.05) is 30.3 Å². The number of nitrogens with one attached hydrogen (secondary N) is 2. The second-order valence-corrected chi connectivity index (χ2v) is 5.66. The van der Waals surface area contributed by atoms with Crippen LogP contribution in [0.5, 0.6) is 0 Å². The van der Waals surface area contributed by atoms with Crippen molar-refractivity contribution in [3.8, 4) is 0 Å². The minimum Gasteiger partial charge on any atom is -0.385 e. The summed E-state index contributed by atoms with van der Waals surface area (Å²) in [6.07, 6.45) is 1.05. The van der Waals surface area contributed by atoms with E-state index >= 15 is 0 Å². The van der Waals surface area contributed by atoms with Gasteiger partial charge in [-0.1, -0.05) is 30.3 Å². The van der Waals surface area contributed by atoms with E-state index in [-0.39, 0.29) is 17.6 Å². The maximum atomic E-state index is 11.8. The van der Waals surface area contributed by atoms with Crippen LogP contribution in [-0.2, 0) is 4.79 Å². The van der Waals surface area contributed by atoms with Gasteiger partial charge in [0.15, 0.2) is 0 Å². The summed E-state index contributed by atoms with van der Waals surface area (Å²) < 4.78 is 0. The Labute approximate surface area is 146 Å².